The van der Waals surface area contributed by atoms with Gasteiger partial charge in [0.2, 0.25) is 0 Å². The summed E-state index contributed by atoms with van der Waals surface area (Å²) < 4.78 is 2.33. The molecule has 4 rings (SSSR count). The maximum Gasteiger partial charge on any atom is 0.191 e. The number of hydrogen-bond donors (Lipinski definition) is 2. The Bertz CT molecular complexity index is 634. The molecule has 2 fully saturated rings. The zero-order valence-corrected chi connectivity index (χ0v) is 16.2. The molecule has 1 aromatic heterocycles. The summed E-state index contributed by atoms with van der Waals surface area (Å²) in [5, 5.41) is 15.9. The van der Waals surface area contributed by atoms with Crippen molar-refractivity contribution in [2.75, 3.05) is 26.7 Å². The molecule has 0 aromatic carbocycles. The Balaban J connectivity index is 1.26. The summed E-state index contributed by atoms with van der Waals surface area (Å²) in [6, 6.07) is 1.34. The topological polar surface area (TPSA) is 70.4 Å². The molecule has 3 aliphatic rings. The van der Waals surface area contributed by atoms with Crippen LogP contribution in [0.2, 0.25) is 0 Å². The molecule has 2 unspecified atom stereocenters. The molecule has 26 heavy (non-hydrogen) atoms. The van der Waals surface area contributed by atoms with Gasteiger partial charge in [-0.05, 0) is 31.6 Å². The summed E-state index contributed by atoms with van der Waals surface area (Å²) >= 11 is 0. The van der Waals surface area contributed by atoms with Crippen LogP contribution in [-0.4, -0.2) is 64.4 Å². The monoisotopic (exact) mass is 359 g/mol. The van der Waals surface area contributed by atoms with Crippen molar-refractivity contribution in [2.24, 2.45) is 10.9 Å². The molecule has 144 valence electrons. The highest BCUT2D eigenvalue weighted by molar-refractivity contribution is 5.80. The molecule has 2 aliphatic heterocycles. The third-order valence-corrected chi connectivity index (χ3v) is 6.08. The van der Waals surface area contributed by atoms with Crippen LogP contribution in [0.5, 0.6) is 0 Å². The fourth-order valence-electron chi connectivity index (χ4n) is 4.32. The van der Waals surface area contributed by atoms with Crippen molar-refractivity contribution in [1.82, 2.24) is 30.3 Å². The Labute approximate surface area is 156 Å². The van der Waals surface area contributed by atoms with Crippen molar-refractivity contribution in [2.45, 2.75) is 70.5 Å². The third-order valence-electron chi connectivity index (χ3n) is 6.08. The van der Waals surface area contributed by atoms with Gasteiger partial charge in [-0.1, -0.05) is 13.3 Å². The van der Waals surface area contributed by atoms with Gasteiger partial charge >= 0.3 is 0 Å². The zero-order valence-electron chi connectivity index (χ0n) is 16.2. The van der Waals surface area contributed by atoms with Gasteiger partial charge in [0.1, 0.15) is 11.6 Å². The zero-order chi connectivity index (χ0) is 17.9. The molecule has 1 aromatic rings. The molecule has 0 radical (unpaired) electrons. The number of hydrogen-bond acceptors (Lipinski definition) is 4. The Kier molecular flexibility index (Phi) is 5.43. The molecule has 0 spiro atoms. The second-order valence-corrected chi connectivity index (χ2v) is 8.16. The number of fused-ring (bicyclic) bond motifs is 1. The van der Waals surface area contributed by atoms with Crippen LogP contribution >= 0.6 is 0 Å². The minimum atomic E-state index is 0.492. The van der Waals surface area contributed by atoms with Crippen LogP contribution in [0.4, 0.5) is 0 Å². The minimum absolute atomic E-state index is 0.492. The van der Waals surface area contributed by atoms with E-state index in [0.717, 1.165) is 50.3 Å². The molecule has 3 heterocycles. The Hall–Kier alpha value is -1.63. The van der Waals surface area contributed by atoms with Crippen LogP contribution < -0.4 is 10.6 Å². The van der Waals surface area contributed by atoms with Gasteiger partial charge in [0.05, 0.1) is 0 Å². The average molecular weight is 360 g/mol. The first-order valence-corrected chi connectivity index (χ1v) is 10.4. The maximum atomic E-state index is 4.43. The summed E-state index contributed by atoms with van der Waals surface area (Å²) in [6.07, 6.45) is 8.51. The number of aliphatic imine (C=N–C) groups is 1. The van der Waals surface area contributed by atoms with Crippen LogP contribution in [0.25, 0.3) is 0 Å². The van der Waals surface area contributed by atoms with Crippen LogP contribution in [-0.2, 0) is 19.4 Å². The smallest absolute Gasteiger partial charge is 0.191 e. The summed E-state index contributed by atoms with van der Waals surface area (Å²) in [6.45, 7) is 6.61. The van der Waals surface area contributed by atoms with Gasteiger partial charge in [-0.2, -0.15) is 0 Å². The fraction of sp³-hybridized carbons (Fsp3) is 0.842. The number of guanidine groups is 1. The molecular formula is C19H33N7. The fourth-order valence-corrected chi connectivity index (χ4v) is 4.32. The van der Waals surface area contributed by atoms with E-state index in [-0.39, 0.29) is 0 Å². The van der Waals surface area contributed by atoms with Gasteiger partial charge in [0, 0.05) is 58.2 Å². The summed E-state index contributed by atoms with van der Waals surface area (Å²) in [4.78, 5) is 7.07. The van der Waals surface area contributed by atoms with Crippen molar-refractivity contribution in [3.63, 3.8) is 0 Å². The van der Waals surface area contributed by atoms with Crippen LogP contribution in [0, 0.1) is 5.92 Å². The van der Waals surface area contributed by atoms with Gasteiger partial charge in [0.25, 0.3) is 0 Å². The van der Waals surface area contributed by atoms with Crippen molar-refractivity contribution >= 4 is 5.96 Å². The summed E-state index contributed by atoms with van der Waals surface area (Å²) in [5.74, 6) is 3.86. The number of aromatic nitrogens is 3. The molecule has 1 aliphatic carbocycles. The second kappa shape index (κ2) is 7.94. The first kappa shape index (κ1) is 17.8. The third kappa shape index (κ3) is 4.03. The molecule has 7 nitrogen and oxygen atoms in total. The molecule has 2 atom stereocenters. The average Bonchev–Trinajstić information content (AvgIpc) is 3.39. The lowest BCUT2D eigenvalue weighted by atomic mass is 10.1. The van der Waals surface area contributed by atoms with Gasteiger partial charge < -0.3 is 15.2 Å². The van der Waals surface area contributed by atoms with Crippen LogP contribution in [0.3, 0.4) is 0 Å². The first-order chi connectivity index (χ1) is 12.7. The largest absolute Gasteiger partial charge is 0.356 e. The lowest BCUT2D eigenvalue weighted by molar-refractivity contribution is 0.315. The van der Waals surface area contributed by atoms with Crippen molar-refractivity contribution < 1.29 is 0 Å². The molecule has 2 N–H and O–H groups in total. The number of aryl methyl sites for hydroxylation is 1. The van der Waals surface area contributed by atoms with E-state index in [4.69, 9.17) is 0 Å². The SMILES string of the molecule is CN=C(NCCc1nnc2n1CCCCC2)NC1CN(C2CC2)CC1C. The molecular weight excluding hydrogens is 326 g/mol. The quantitative estimate of drug-likeness (QED) is 0.611. The van der Waals surface area contributed by atoms with Gasteiger partial charge in [0.15, 0.2) is 5.96 Å². The van der Waals surface area contributed by atoms with Gasteiger partial charge in [-0.3, -0.25) is 9.89 Å². The van der Waals surface area contributed by atoms with E-state index >= 15 is 0 Å². The highest BCUT2D eigenvalue weighted by Crippen LogP contribution is 2.31. The molecule has 1 saturated heterocycles. The van der Waals surface area contributed by atoms with E-state index in [9.17, 15) is 0 Å². The van der Waals surface area contributed by atoms with Gasteiger partial charge in [-0.25, -0.2) is 0 Å². The lowest BCUT2D eigenvalue weighted by Gasteiger charge is -2.20. The van der Waals surface area contributed by atoms with Gasteiger partial charge in [-0.15, -0.1) is 10.2 Å². The minimum Gasteiger partial charge on any atom is -0.356 e. The Morgan fingerprint density at radius 2 is 2.08 bits per heavy atom. The molecule has 0 amide bonds. The summed E-state index contributed by atoms with van der Waals surface area (Å²) in [5.41, 5.74) is 0. The van der Waals surface area contributed by atoms with Crippen LogP contribution in [0.1, 0.15) is 50.7 Å². The molecule has 0 bridgehead atoms. The normalized spacial score (nSPS) is 27.2. The number of rotatable bonds is 5. The number of likely N-dealkylation sites (tertiary alicyclic amines) is 1. The predicted molar refractivity (Wildman–Crippen MR) is 103 cm³/mol. The second-order valence-electron chi connectivity index (χ2n) is 8.16. The van der Waals surface area contributed by atoms with E-state index in [1.807, 2.05) is 7.05 Å². The Morgan fingerprint density at radius 1 is 1.19 bits per heavy atom. The van der Waals surface area contributed by atoms with Crippen molar-refractivity contribution in [3.8, 4) is 0 Å². The van der Waals surface area contributed by atoms with Crippen molar-refractivity contribution in [3.05, 3.63) is 11.6 Å². The molecule has 7 heteroatoms. The van der Waals surface area contributed by atoms with Crippen LogP contribution in [0.15, 0.2) is 4.99 Å². The van der Waals surface area contributed by atoms with E-state index < -0.39 is 0 Å². The summed E-state index contributed by atoms with van der Waals surface area (Å²) in [7, 11) is 1.86. The highest BCUT2D eigenvalue weighted by Gasteiger charge is 2.38. The molecule has 1 saturated carbocycles. The van der Waals surface area contributed by atoms with Crippen molar-refractivity contribution in [1.29, 1.82) is 0 Å². The maximum absolute atomic E-state index is 4.43. The van der Waals surface area contributed by atoms with E-state index in [2.05, 4.69) is 42.2 Å². The lowest BCUT2D eigenvalue weighted by Crippen LogP contribution is -2.47. The highest BCUT2D eigenvalue weighted by atomic mass is 15.3. The Morgan fingerprint density at radius 3 is 2.88 bits per heavy atom. The predicted octanol–water partition coefficient (Wildman–Crippen LogP) is 1.19. The van der Waals surface area contributed by atoms with E-state index in [1.165, 1.54) is 44.5 Å². The van der Waals surface area contributed by atoms with E-state index in [1.54, 1.807) is 0 Å². The van der Waals surface area contributed by atoms with E-state index in [0.29, 0.717) is 12.0 Å². The number of nitrogens with one attached hydrogen (secondary N) is 2. The number of nitrogens with zero attached hydrogens (tertiary/aromatic N) is 5. The first-order valence-electron chi connectivity index (χ1n) is 10.4. The standard InChI is InChI=1S/C19H33N7/c1-14-12-25(15-7-8-15)13-16(14)22-19(20-2)21-10-9-18-24-23-17-6-4-3-5-11-26(17)18/h14-16H,3-13H2,1-2H3,(H2,20,21,22).